The van der Waals surface area contributed by atoms with Crippen molar-refractivity contribution in [3.05, 3.63) is 146 Å². The largest absolute Gasteiger partial charge is 0.462 e. The van der Waals surface area contributed by atoms with E-state index in [9.17, 15) is 14.4 Å². The molecule has 0 bridgehead atoms. The average molecular weight is 1010 g/mol. The van der Waals surface area contributed by atoms with E-state index in [1.54, 1.807) is 0 Å². The van der Waals surface area contributed by atoms with Crippen molar-refractivity contribution in [3.63, 3.8) is 0 Å². The van der Waals surface area contributed by atoms with Gasteiger partial charge in [-0.25, -0.2) is 0 Å². The SMILES string of the molecule is CC/C=C\C/C=C\C/C=C\C/C=C\C/C=C\C/C=C\C/C=C\CCCCCCCC(=O)OCC(COC(=O)CCCCCCCCC)OC(=O)CCCCCCC/C=C\C/C=C\C/C=C\C/C=C\C/C=C\CC. The second-order valence-corrected chi connectivity index (χ2v) is 18.8. The lowest BCUT2D eigenvalue weighted by molar-refractivity contribution is -0.167. The summed E-state index contributed by atoms with van der Waals surface area (Å²) >= 11 is 0. The number of ether oxygens (including phenoxy) is 3. The number of esters is 3. The number of carbonyl (C=O) groups excluding carboxylic acids is 3. The van der Waals surface area contributed by atoms with E-state index in [-0.39, 0.29) is 31.1 Å². The summed E-state index contributed by atoms with van der Waals surface area (Å²) in [4.78, 5) is 38.0. The summed E-state index contributed by atoms with van der Waals surface area (Å²) in [6, 6.07) is 0. The molecule has 0 N–H and O–H groups in total. The van der Waals surface area contributed by atoms with E-state index >= 15 is 0 Å². The lowest BCUT2D eigenvalue weighted by Crippen LogP contribution is -2.30. The molecule has 0 heterocycles. The highest BCUT2D eigenvalue weighted by molar-refractivity contribution is 5.71. The van der Waals surface area contributed by atoms with Crippen LogP contribution in [0, 0.1) is 0 Å². The molecule has 0 aromatic rings. The van der Waals surface area contributed by atoms with Gasteiger partial charge in [0.1, 0.15) is 13.2 Å². The zero-order valence-corrected chi connectivity index (χ0v) is 46.8. The highest BCUT2D eigenvalue weighted by Crippen LogP contribution is 2.13. The van der Waals surface area contributed by atoms with Crippen LogP contribution in [-0.4, -0.2) is 37.2 Å². The molecule has 0 aliphatic rings. The maximum Gasteiger partial charge on any atom is 0.306 e. The summed E-state index contributed by atoms with van der Waals surface area (Å²) < 4.78 is 16.8. The van der Waals surface area contributed by atoms with Gasteiger partial charge in [-0.1, -0.05) is 244 Å². The van der Waals surface area contributed by atoms with E-state index in [1.807, 2.05) is 0 Å². The lowest BCUT2D eigenvalue weighted by Gasteiger charge is -2.18. The van der Waals surface area contributed by atoms with Gasteiger partial charge in [0.25, 0.3) is 0 Å². The molecule has 0 saturated carbocycles. The molecule has 0 radical (unpaired) electrons. The second-order valence-electron chi connectivity index (χ2n) is 18.8. The monoisotopic (exact) mass is 1010 g/mol. The molecule has 73 heavy (non-hydrogen) atoms. The summed E-state index contributed by atoms with van der Waals surface area (Å²) in [5.41, 5.74) is 0. The van der Waals surface area contributed by atoms with E-state index in [4.69, 9.17) is 14.2 Å². The van der Waals surface area contributed by atoms with Crippen molar-refractivity contribution < 1.29 is 28.6 Å². The van der Waals surface area contributed by atoms with Gasteiger partial charge in [0, 0.05) is 19.3 Å². The van der Waals surface area contributed by atoms with Crippen molar-refractivity contribution in [3.8, 4) is 0 Å². The minimum Gasteiger partial charge on any atom is -0.462 e. The standard InChI is InChI=1S/C67H106O6/c1-4-7-10-13-16-18-20-22-24-26-28-30-31-32-33-34-35-37-38-40-42-44-46-48-51-54-57-60-66(69)72-63-64(62-71-65(68)59-56-53-50-15-12-9-6-3)73-67(70)61-58-55-52-49-47-45-43-41-39-36-29-27-25-23-21-19-17-14-11-8-5-2/h7-8,10-11,16-19,22-25,28-30,32-33,35-37,40-43,64H,4-6,9,12-15,20-21,26-27,31,34,38-39,44-63H2,1-3H3/b10-7-,11-8-,18-16-,19-17-,24-22-,25-23-,30-28-,33-32-,36-29-,37-35-,42-40-,43-41-. The third-order valence-corrected chi connectivity index (χ3v) is 11.8. The van der Waals surface area contributed by atoms with Gasteiger partial charge in [-0.2, -0.15) is 0 Å². The fourth-order valence-corrected chi connectivity index (χ4v) is 7.51. The summed E-state index contributed by atoms with van der Waals surface area (Å²) in [5.74, 6) is -0.949. The smallest absolute Gasteiger partial charge is 0.306 e. The molecular formula is C67H106O6. The van der Waals surface area contributed by atoms with Crippen LogP contribution in [0.1, 0.15) is 239 Å². The summed E-state index contributed by atoms with van der Waals surface area (Å²) in [7, 11) is 0. The Morgan fingerprint density at radius 3 is 0.836 bits per heavy atom. The topological polar surface area (TPSA) is 78.9 Å². The van der Waals surface area contributed by atoms with Crippen LogP contribution in [0.15, 0.2) is 146 Å². The number of rotatable bonds is 51. The highest BCUT2D eigenvalue weighted by atomic mass is 16.6. The van der Waals surface area contributed by atoms with E-state index in [2.05, 4.69) is 167 Å². The molecule has 0 aromatic heterocycles. The van der Waals surface area contributed by atoms with E-state index in [1.165, 1.54) is 25.7 Å². The molecule has 6 heteroatoms. The Balaban J connectivity index is 4.31. The average Bonchev–Trinajstić information content (AvgIpc) is 3.39. The maximum atomic E-state index is 12.8. The van der Waals surface area contributed by atoms with Crippen molar-refractivity contribution in [2.45, 2.75) is 245 Å². The molecule has 0 rings (SSSR count). The molecule has 0 saturated heterocycles. The van der Waals surface area contributed by atoms with Crippen LogP contribution >= 0.6 is 0 Å². The Hall–Kier alpha value is -4.71. The van der Waals surface area contributed by atoms with E-state index < -0.39 is 6.10 Å². The summed E-state index contributed by atoms with van der Waals surface area (Å²) in [6.07, 6.45) is 85.7. The summed E-state index contributed by atoms with van der Waals surface area (Å²) in [5, 5.41) is 0. The van der Waals surface area contributed by atoms with Gasteiger partial charge in [0.2, 0.25) is 0 Å². The lowest BCUT2D eigenvalue weighted by atomic mass is 10.1. The van der Waals surface area contributed by atoms with Crippen LogP contribution in [0.5, 0.6) is 0 Å². The van der Waals surface area contributed by atoms with Crippen molar-refractivity contribution in [1.29, 1.82) is 0 Å². The first-order chi connectivity index (χ1) is 36.0. The number of allylic oxidation sites excluding steroid dienone is 24. The van der Waals surface area contributed by atoms with Crippen LogP contribution in [0.3, 0.4) is 0 Å². The first-order valence-electron chi connectivity index (χ1n) is 29.3. The molecule has 0 aliphatic heterocycles. The Kier molecular flexibility index (Phi) is 56.0. The highest BCUT2D eigenvalue weighted by Gasteiger charge is 2.19. The van der Waals surface area contributed by atoms with Crippen LogP contribution in [0.2, 0.25) is 0 Å². The Morgan fingerprint density at radius 2 is 0.534 bits per heavy atom. The molecule has 0 aliphatic carbocycles. The zero-order chi connectivity index (χ0) is 52.9. The third kappa shape index (κ3) is 58.1. The fraction of sp³-hybridized carbons (Fsp3) is 0.597. The van der Waals surface area contributed by atoms with Crippen molar-refractivity contribution in [1.82, 2.24) is 0 Å². The van der Waals surface area contributed by atoms with Gasteiger partial charge in [0.05, 0.1) is 0 Å². The van der Waals surface area contributed by atoms with Crippen molar-refractivity contribution in [2.24, 2.45) is 0 Å². The minimum absolute atomic E-state index is 0.0972. The zero-order valence-electron chi connectivity index (χ0n) is 46.8. The first-order valence-corrected chi connectivity index (χ1v) is 29.3. The number of carbonyl (C=O) groups is 3. The second kappa shape index (κ2) is 59.8. The molecule has 1 unspecified atom stereocenters. The van der Waals surface area contributed by atoms with Gasteiger partial charge in [-0.3, -0.25) is 14.4 Å². The van der Waals surface area contributed by atoms with Gasteiger partial charge < -0.3 is 14.2 Å². The maximum absolute atomic E-state index is 12.8. The molecular weight excluding hydrogens is 901 g/mol. The molecule has 6 nitrogen and oxygen atoms in total. The van der Waals surface area contributed by atoms with Gasteiger partial charge in [0.15, 0.2) is 6.10 Å². The van der Waals surface area contributed by atoms with Crippen molar-refractivity contribution in [2.75, 3.05) is 13.2 Å². The Morgan fingerprint density at radius 1 is 0.288 bits per heavy atom. The third-order valence-electron chi connectivity index (χ3n) is 11.8. The Bertz CT molecular complexity index is 1630. The Labute approximate surface area is 448 Å². The predicted octanol–water partition coefficient (Wildman–Crippen LogP) is 20.0. The van der Waals surface area contributed by atoms with Gasteiger partial charge in [-0.05, 0) is 122 Å². The first kappa shape index (κ1) is 68.3. The van der Waals surface area contributed by atoms with E-state index in [0.29, 0.717) is 19.3 Å². The van der Waals surface area contributed by atoms with E-state index in [0.717, 1.165) is 173 Å². The van der Waals surface area contributed by atoms with Crippen LogP contribution < -0.4 is 0 Å². The number of unbranched alkanes of at least 4 members (excludes halogenated alkanes) is 16. The molecule has 1 atom stereocenters. The molecule has 0 fully saturated rings. The molecule has 410 valence electrons. The van der Waals surface area contributed by atoms with Crippen molar-refractivity contribution >= 4 is 17.9 Å². The van der Waals surface area contributed by atoms with Crippen LogP contribution in [0.25, 0.3) is 0 Å². The number of hydrogen-bond donors (Lipinski definition) is 0. The molecule has 0 amide bonds. The quantitative estimate of drug-likeness (QED) is 0.0261. The minimum atomic E-state index is -0.801. The normalized spacial score (nSPS) is 13.2. The van der Waals surface area contributed by atoms with Gasteiger partial charge >= 0.3 is 17.9 Å². The molecule has 0 aromatic carbocycles. The predicted molar refractivity (Wildman–Crippen MR) is 315 cm³/mol. The number of hydrogen-bond acceptors (Lipinski definition) is 6. The van der Waals surface area contributed by atoms with Crippen LogP contribution in [0.4, 0.5) is 0 Å². The van der Waals surface area contributed by atoms with Crippen LogP contribution in [-0.2, 0) is 28.6 Å². The van der Waals surface area contributed by atoms with Gasteiger partial charge in [-0.15, -0.1) is 0 Å². The summed E-state index contributed by atoms with van der Waals surface area (Å²) in [6.45, 7) is 6.32. The molecule has 0 spiro atoms. The fourth-order valence-electron chi connectivity index (χ4n) is 7.51.